The molecule has 5 nitrogen and oxygen atoms in total. The molecular weight excluding hydrogens is 402 g/mol. The van der Waals surface area contributed by atoms with Gasteiger partial charge in [0.25, 0.3) is 0 Å². The Hall–Kier alpha value is -3.37. The zero-order valence-electron chi connectivity index (χ0n) is 14.6. The van der Waals surface area contributed by atoms with Crippen molar-refractivity contribution in [1.82, 2.24) is 15.0 Å². The fraction of sp³-hybridized carbons (Fsp3) is 0.167. The van der Waals surface area contributed by atoms with E-state index in [1.54, 1.807) is 0 Å². The molecule has 0 amide bonds. The third-order valence-corrected chi connectivity index (χ3v) is 3.68. The molecule has 1 aromatic carbocycles. The minimum absolute atomic E-state index is 0.125. The first-order chi connectivity index (χ1) is 13.6. The quantitative estimate of drug-likeness (QED) is 0.585. The standard InChI is InChI=1S/C18H12F6N4O/c1-29-13-6-11(17(19,20)21)5-12(7-13)26-15-8-14(18(22,23)24)27-16(28-15)10-3-2-4-25-9-10/h2-9H,1H3,(H,26,27,28). The molecule has 11 heteroatoms. The molecular formula is C18H12F6N4O. The van der Waals surface area contributed by atoms with E-state index in [4.69, 9.17) is 4.74 Å². The summed E-state index contributed by atoms with van der Waals surface area (Å²) in [5.74, 6) is -0.748. The van der Waals surface area contributed by atoms with E-state index in [2.05, 4.69) is 20.3 Å². The molecule has 2 heterocycles. The molecule has 0 atom stereocenters. The number of methoxy groups -OCH3 is 1. The average molecular weight is 414 g/mol. The number of hydrogen-bond donors (Lipinski definition) is 1. The van der Waals surface area contributed by atoms with Gasteiger partial charge in [0, 0.05) is 35.8 Å². The van der Waals surface area contributed by atoms with Gasteiger partial charge in [-0.25, -0.2) is 9.97 Å². The highest BCUT2D eigenvalue weighted by Crippen LogP contribution is 2.36. The Bertz CT molecular complexity index is 1010. The van der Waals surface area contributed by atoms with Crippen LogP contribution in [0.15, 0.2) is 48.8 Å². The highest BCUT2D eigenvalue weighted by molar-refractivity contribution is 5.63. The molecule has 0 aliphatic heterocycles. The fourth-order valence-electron chi connectivity index (χ4n) is 2.38. The first kappa shape index (κ1) is 20.4. The predicted molar refractivity (Wildman–Crippen MR) is 91.5 cm³/mol. The Morgan fingerprint density at radius 3 is 2.28 bits per heavy atom. The molecule has 152 valence electrons. The Morgan fingerprint density at radius 2 is 1.69 bits per heavy atom. The molecule has 0 radical (unpaired) electrons. The first-order valence-electron chi connectivity index (χ1n) is 7.96. The van der Waals surface area contributed by atoms with Crippen LogP contribution in [-0.4, -0.2) is 22.1 Å². The number of hydrogen-bond acceptors (Lipinski definition) is 5. The zero-order valence-corrected chi connectivity index (χ0v) is 14.6. The number of nitrogens with zero attached hydrogens (tertiary/aromatic N) is 3. The van der Waals surface area contributed by atoms with Gasteiger partial charge >= 0.3 is 12.4 Å². The largest absolute Gasteiger partial charge is 0.497 e. The van der Waals surface area contributed by atoms with Gasteiger partial charge in [-0.1, -0.05) is 0 Å². The Balaban J connectivity index is 2.07. The lowest BCUT2D eigenvalue weighted by Gasteiger charge is -2.14. The van der Waals surface area contributed by atoms with Crippen molar-refractivity contribution in [1.29, 1.82) is 0 Å². The predicted octanol–water partition coefficient (Wildman–Crippen LogP) is 5.33. The molecule has 29 heavy (non-hydrogen) atoms. The second kappa shape index (κ2) is 7.57. The summed E-state index contributed by atoms with van der Waals surface area (Å²) in [5.41, 5.74) is -2.23. The Labute approximate surface area is 160 Å². The SMILES string of the molecule is COc1cc(Nc2cc(C(F)(F)F)nc(-c3cccnc3)n2)cc(C(F)(F)F)c1. The van der Waals surface area contributed by atoms with E-state index in [0.717, 1.165) is 12.1 Å². The minimum atomic E-state index is -4.79. The number of ether oxygens (including phenoxy) is 1. The van der Waals surface area contributed by atoms with Crippen LogP contribution in [-0.2, 0) is 12.4 Å². The summed E-state index contributed by atoms with van der Waals surface area (Å²) in [5, 5.41) is 2.46. The van der Waals surface area contributed by atoms with Crippen LogP contribution in [0.3, 0.4) is 0 Å². The van der Waals surface area contributed by atoms with Crippen molar-refractivity contribution in [2.75, 3.05) is 12.4 Å². The number of halogens is 6. The second-order valence-corrected chi connectivity index (χ2v) is 5.77. The number of pyridine rings is 1. The van der Waals surface area contributed by atoms with Gasteiger partial charge in [-0.05, 0) is 24.3 Å². The molecule has 3 rings (SSSR count). The lowest BCUT2D eigenvalue weighted by molar-refractivity contribution is -0.141. The Morgan fingerprint density at radius 1 is 0.931 bits per heavy atom. The topological polar surface area (TPSA) is 59.9 Å². The summed E-state index contributed by atoms with van der Waals surface area (Å²) in [4.78, 5) is 11.3. The third-order valence-electron chi connectivity index (χ3n) is 3.68. The average Bonchev–Trinajstić information content (AvgIpc) is 2.67. The highest BCUT2D eigenvalue weighted by Gasteiger charge is 2.34. The van der Waals surface area contributed by atoms with E-state index in [1.807, 2.05) is 0 Å². The fourth-order valence-corrected chi connectivity index (χ4v) is 2.38. The lowest BCUT2D eigenvalue weighted by Crippen LogP contribution is -2.11. The molecule has 0 fully saturated rings. The van der Waals surface area contributed by atoms with Crippen LogP contribution in [0.2, 0.25) is 0 Å². The molecule has 2 aromatic heterocycles. The molecule has 0 aliphatic carbocycles. The number of nitrogens with one attached hydrogen (secondary N) is 1. The van der Waals surface area contributed by atoms with Crippen molar-refractivity contribution >= 4 is 11.5 Å². The number of benzene rings is 1. The summed E-state index contributed by atoms with van der Waals surface area (Å²) in [6.45, 7) is 0. The van der Waals surface area contributed by atoms with Crippen molar-refractivity contribution in [2.24, 2.45) is 0 Å². The van der Waals surface area contributed by atoms with Gasteiger partial charge in [-0.2, -0.15) is 26.3 Å². The van der Waals surface area contributed by atoms with Gasteiger partial charge < -0.3 is 10.1 Å². The van der Waals surface area contributed by atoms with E-state index in [-0.39, 0.29) is 28.6 Å². The molecule has 0 bridgehead atoms. The minimum Gasteiger partial charge on any atom is -0.497 e. The maximum atomic E-state index is 13.2. The van der Waals surface area contributed by atoms with Crippen LogP contribution in [0.5, 0.6) is 5.75 Å². The molecule has 0 spiro atoms. The summed E-state index contributed by atoms with van der Waals surface area (Å²) in [7, 11) is 1.17. The number of alkyl halides is 6. The van der Waals surface area contributed by atoms with Gasteiger partial charge in [-0.3, -0.25) is 4.98 Å². The number of anilines is 2. The maximum absolute atomic E-state index is 13.2. The molecule has 0 aliphatic rings. The van der Waals surface area contributed by atoms with Gasteiger partial charge in [0.1, 0.15) is 11.6 Å². The second-order valence-electron chi connectivity index (χ2n) is 5.77. The first-order valence-corrected chi connectivity index (χ1v) is 7.96. The molecule has 1 N–H and O–H groups in total. The van der Waals surface area contributed by atoms with E-state index >= 15 is 0 Å². The van der Waals surface area contributed by atoms with Crippen LogP contribution >= 0.6 is 0 Å². The summed E-state index contributed by atoms with van der Waals surface area (Å²) < 4.78 is 83.7. The van der Waals surface area contributed by atoms with Crippen molar-refractivity contribution in [3.8, 4) is 17.1 Å². The number of rotatable bonds is 4. The van der Waals surface area contributed by atoms with Crippen LogP contribution in [0.25, 0.3) is 11.4 Å². The molecule has 0 saturated heterocycles. The van der Waals surface area contributed by atoms with E-state index in [1.165, 1.54) is 37.7 Å². The zero-order chi connectivity index (χ0) is 21.2. The molecule has 0 unspecified atom stereocenters. The van der Waals surface area contributed by atoms with Crippen LogP contribution in [0.1, 0.15) is 11.3 Å². The van der Waals surface area contributed by atoms with Crippen LogP contribution in [0.4, 0.5) is 37.8 Å². The van der Waals surface area contributed by atoms with Gasteiger partial charge in [0.05, 0.1) is 12.7 Å². The summed E-state index contributed by atoms with van der Waals surface area (Å²) in [6, 6.07) is 6.26. The van der Waals surface area contributed by atoms with Gasteiger partial charge in [0.2, 0.25) is 0 Å². The third kappa shape index (κ3) is 4.92. The Kier molecular flexibility index (Phi) is 5.31. The summed E-state index contributed by atoms with van der Waals surface area (Å²) >= 11 is 0. The molecule has 0 saturated carbocycles. The number of aromatic nitrogens is 3. The smallest absolute Gasteiger partial charge is 0.433 e. The maximum Gasteiger partial charge on any atom is 0.433 e. The van der Waals surface area contributed by atoms with Gasteiger partial charge in [-0.15, -0.1) is 0 Å². The van der Waals surface area contributed by atoms with Crippen molar-refractivity contribution in [3.05, 3.63) is 60.0 Å². The monoisotopic (exact) mass is 414 g/mol. The van der Waals surface area contributed by atoms with Crippen LogP contribution < -0.4 is 10.1 Å². The normalized spacial score (nSPS) is 12.0. The van der Waals surface area contributed by atoms with Crippen molar-refractivity contribution in [3.63, 3.8) is 0 Å². The van der Waals surface area contributed by atoms with Crippen molar-refractivity contribution < 1.29 is 31.1 Å². The van der Waals surface area contributed by atoms with Crippen LogP contribution in [0, 0.1) is 0 Å². The van der Waals surface area contributed by atoms with E-state index in [9.17, 15) is 26.3 Å². The summed E-state index contributed by atoms with van der Waals surface area (Å²) in [6.07, 6.45) is -6.77. The highest BCUT2D eigenvalue weighted by atomic mass is 19.4. The lowest BCUT2D eigenvalue weighted by atomic mass is 10.1. The van der Waals surface area contributed by atoms with E-state index in [0.29, 0.717) is 6.07 Å². The molecule has 3 aromatic rings. The van der Waals surface area contributed by atoms with Crippen molar-refractivity contribution in [2.45, 2.75) is 12.4 Å². The van der Waals surface area contributed by atoms with E-state index < -0.39 is 23.6 Å². The van der Waals surface area contributed by atoms with Gasteiger partial charge in [0.15, 0.2) is 11.5 Å².